The molecule has 1 atom stereocenters. The number of halogens is 2. The molecular formula is C21H23ClFN3O5. The molecule has 3 fully saturated rings. The van der Waals surface area contributed by atoms with Gasteiger partial charge in [0.25, 0.3) is 17.4 Å². The monoisotopic (exact) mass is 451 g/mol. The summed E-state index contributed by atoms with van der Waals surface area (Å²) in [4.78, 5) is 36.2. The molecule has 0 saturated heterocycles. The minimum absolute atomic E-state index is 0.0110. The van der Waals surface area contributed by atoms with E-state index in [0.29, 0.717) is 32.1 Å². The molecule has 2 bridgehead atoms. The maximum Gasteiger partial charge on any atom is 0.290 e. The van der Waals surface area contributed by atoms with Crippen LogP contribution in [0.5, 0.6) is 5.75 Å². The number of nitrogens with one attached hydrogen (secondary N) is 3. The zero-order valence-electron chi connectivity index (χ0n) is 16.9. The molecular weight excluding hydrogens is 429 g/mol. The van der Waals surface area contributed by atoms with Crippen LogP contribution in [0.3, 0.4) is 0 Å². The molecule has 0 radical (unpaired) electrons. The number of rotatable bonds is 6. The fourth-order valence-electron chi connectivity index (χ4n) is 4.80. The van der Waals surface area contributed by atoms with Gasteiger partial charge >= 0.3 is 0 Å². The van der Waals surface area contributed by atoms with Gasteiger partial charge in [0.15, 0.2) is 6.61 Å². The number of ether oxygens (including phenoxy) is 1. The molecule has 2 aromatic rings. The number of benzene rings is 1. The smallest absolute Gasteiger partial charge is 0.290 e. The van der Waals surface area contributed by atoms with E-state index in [-0.39, 0.29) is 40.5 Å². The second kappa shape index (κ2) is 8.03. The Kier molecular flexibility index (Phi) is 5.55. The van der Waals surface area contributed by atoms with Gasteiger partial charge in [-0.05, 0) is 50.2 Å². The number of carbonyl (C=O) groups is 2. The Balaban J connectivity index is 1.35. The van der Waals surface area contributed by atoms with Crippen LogP contribution >= 0.6 is 11.6 Å². The zero-order chi connectivity index (χ0) is 22.2. The predicted octanol–water partition coefficient (Wildman–Crippen LogP) is 2.78. The standard InChI is InChI=1S/C21H23ClFN3O5/c1-12-10-20(25-19(29)16-9-17(27)26-31-16)4-6-21(12,7-5-20)24-18(28)11-30-13-2-3-14(22)15(23)8-13/h2-3,8-9,12H,4-7,10-11H2,1H3,(H,24,28)(H,25,29)(H,26,27). The van der Waals surface area contributed by atoms with Gasteiger partial charge in [0.2, 0.25) is 5.76 Å². The Morgan fingerprint density at radius 1 is 1.26 bits per heavy atom. The zero-order valence-corrected chi connectivity index (χ0v) is 17.7. The van der Waals surface area contributed by atoms with Crippen molar-refractivity contribution in [3.63, 3.8) is 0 Å². The van der Waals surface area contributed by atoms with Crippen LogP contribution in [-0.2, 0) is 4.79 Å². The summed E-state index contributed by atoms with van der Waals surface area (Å²) < 4.78 is 23.8. The van der Waals surface area contributed by atoms with Gasteiger partial charge in [-0.1, -0.05) is 18.5 Å². The predicted molar refractivity (Wildman–Crippen MR) is 110 cm³/mol. The van der Waals surface area contributed by atoms with E-state index in [4.69, 9.17) is 20.9 Å². The molecule has 1 heterocycles. The number of hydrogen-bond donors (Lipinski definition) is 3. The number of amides is 2. The van der Waals surface area contributed by atoms with Gasteiger partial charge in [-0.3, -0.25) is 14.4 Å². The summed E-state index contributed by atoms with van der Waals surface area (Å²) in [7, 11) is 0. The van der Waals surface area contributed by atoms with Gasteiger partial charge < -0.3 is 19.9 Å². The first-order valence-corrected chi connectivity index (χ1v) is 10.5. The minimum Gasteiger partial charge on any atom is -0.484 e. The quantitative estimate of drug-likeness (QED) is 0.625. The molecule has 3 aliphatic rings. The molecule has 0 aliphatic heterocycles. The number of carbonyl (C=O) groups excluding carboxylic acids is 2. The first kappa shape index (κ1) is 21.4. The Bertz CT molecular complexity index is 1060. The molecule has 1 aromatic carbocycles. The van der Waals surface area contributed by atoms with Gasteiger partial charge in [0, 0.05) is 17.1 Å². The van der Waals surface area contributed by atoms with Gasteiger partial charge in [-0.25, -0.2) is 4.39 Å². The van der Waals surface area contributed by atoms with E-state index in [1.807, 2.05) is 6.92 Å². The van der Waals surface area contributed by atoms with Crippen LogP contribution in [0.4, 0.5) is 4.39 Å². The van der Waals surface area contributed by atoms with Crippen molar-refractivity contribution in [2.45, 2.75) is 50.1 Å². The molecule has 31 heavy (non-hydrogen) atoms. The Hall–Kier alpha value is -2.81. The summed E-state index contributed by atoms with van der Waals surface area (Å²) in [6, 6.07) is 5.14. The molecule has 3 saturated carbocycles. The third-order valence-corrected chi connectivity index (χ3v) is 6.82. The second-order valence-electron chi connectivity index (χ2n) is 8.49. The number of H-pyrrole nitrogens is 1. The van der Waals surface area contributed by atoms with Crippen molar-refractivity contribution in [3.05, 3.63) is 51.2 Å². The van der Waals surface area contributed by atoms with E-state index in [1.54, 1.807) is 0 Å². The van der Waals surface area contributed by atoms with Crippen molar-refractivity contribution in [1.82, 2.24) is 15.8 Å². The SMILES string of the molecule is CC1CC2(NC(=O)c3cc(=O)[nH]o3)CCC1(NC(=O)COc1ccc(Cl)c(F)c1)CC2. The molecule has 3 N–H and O–H groups in total. The molecule has 8 nitrogen and oxygen atoms in total. The van der Waals surface area contributed by atoms with Crippen molar-refractivity contribution in [3.8, 4) is 5.75 Å². The van der Waals surface area contributed by atoms with Crippen molar-refractivity contribution in [2.75, 3.05) is 6.61 Å². The number of aromatic amines is 1. The fourth-order valence-corrected chi connectivity index (χ4v) is 4.92. The molecule has 5 rings (SSSR count). The third-order valence-electron chi connectivity index (χ3n) is 6.52. The summed E-state index contributed by atoms with van der Waals surface area (Å²) in [5.41, 5.74) is -1.23. The fraction of sp³-hybridized carbons (Fsp3) is 0.476. The van der Waals surface area contributed by atoms with Crippen LogP contribution in [0.1, 0.15) is 49.6 Å². The van der Waals surface area contributed by atoms with E-state index < -0.39 is 22.8 Å². The van der Waals surface area contributed by atoms with Crippen LogP contribution < -0.4 is 20.9 Å². The minimum atomic E-state index is -0.608. The average molecular weight is 452 g/mol. The van der Waals surface area contributed by atoms with Crippen LogP contribution in [0.2, 0.25) is 5.02 Å². The molecule has 1 unspecified atom stereocenters. The number of hydrogen-bond acceptors (Lipinski definition) is 5. The highest BCUT2D eigenvalue weighted by molar-refractivity contribution is 6.30. The maximum absolute atomic E-state index is 13.5. The van der Waals surface area contributed by atoms with Gasteiger partial charge in [-0.15, -0.1) is 0 Å². The Morgan fingerprint density at radius 2 is 2.00 bits per heavy atom. The Morgan fingerprint density at radius 3 is 2.61 bits per heavy atom. The van der Waals surface area contributed by atoms with Gasteiger partial charge in [-0.2, -0.15) is 5.16 Å². The number of aromatic nitrogens is 1. The lowest BCUT2D eigenvalue weighted by atomic mass is 9.56. The lowest BCUT2D eigenvalue weighted by Gasteiger charge is -2.57. The van der Waals surface area contributed by atoms with Crippen molar-refractivity contribution < 1.29 is 23.2 Å². The molecule has 0 spiro atoms. The van der Waals surface area contributed by atoms with E-state index >= 15 is 0 Å². The van der Waals surface area contributed by atoms with Crippen LogP contribution in [-0.4, -0.2) is 34.7 Å². The van der Waals surface area contributed by atoms with Gasteiger partial charge in [0.1, 0.15) is 11.6 Å². The molecule has 10 heteroatoms. The van der Waals surface area contributed by atoms with Crippen LogP contribution in [0, 0.1) is 11.7 Å². The van der Waals surface area contributed by atoms with Crippen LogP contribution in [0.25, 0.3) is 0 Å². The molecule has 1 aromatic heterocycles. The summed E-state index contributed by atoms with van der Waals surface area (Å²) in [5.74, 6) is -1.01. The lowest BCUT2D eigenvalue weighted by molar-refractivity contribution is -0.128. The third kappa shape index (κ3) is 4.32. The molecule has 3 aliphatic carbocycles. The highest BCUT2D eigenvalue weighted by Crippen LogP contribution is 2.50. The van der Waals surface area contributed by atoms with E-state index in [2.05, 4.69) is 15.8 Å². The molecule has 166 valence electrons. The van der Waals surface area contributed by atoms with Crippen molar-refractivity contribution >= 4 is 23.4 Å². The summed E-state index contributed by atoms with van der Waals surface area (Å²) in [5, 5.41) is 8.25. The van der Waals surface area contributed by atoms with Crippen molar-refractivity contribution in [2.24, 2.45) is 5.92 Å². The summed E-state index contributed by atoms with van der Waals surface area (Å²) >= 11 is 5.65. The average Bonchev–Trinajstić information content (AvgIpc) is 3.17. The summed E-state index contributed by atoms with van der Waals surface area (Å²) in [6.45, 7) is 1.81. The van der Waals surface area contributed by atoms with E-state index in [9.17, 15) is 18.8 Å². The first-order valence-electron chi connectivity index (χ1n) is 10.1. The normalized spacial score (nSPS) is 27.0. The summed E-state index contributed by atoms with van der Waals surface area (Å²) in [6.07, 6.45) is 3.49. The van der Waals surface area contributed by atoms with Crippen LogP contribution in [0.15, 0.2) is 33.6 Å². The van der Waals surface area contributed by atoms with Crippen molar-refractivity contribution in [1.29, 1.82) is 0 Å². The maximum atomic E-state index is 13.5. The second-order valence-corrected chi connectivity index (χ2v) is 8.89. The number of fused-ring (bicyclic) bond motifs is 3. The van der Waals surface area contributed by atoms with E-state index in [1.165, 1.54) is 12.1 Å². The lowest BCUT2D eigenvalue weighted by Crippen LogP contribution is -2.67. The van der Waals surface area contributed by atoms with Gasteiger partial charge in [0.05, 0.1) is 11.1 Å². The van der Waals surface area contributed by atoms with E-state index in [0.717, 1.165) is 12.1 Å². The Labute approximate surface area is 182 Å². The largest absolute Gasteiger partial charge is 0.484 e. The first-order chi connectivity index (χ1) is 14.7. The highest BCUT2D eigenvalue weighted by Gasteiger charge is 2.54. The topological polar surface area (TPSA) is 113 Å². The highest BCUT2D eigenvalue weighted by atomic mass is 35.5. The molecule has 2 amide bonds.